The van der Waals surface area contributed by atoms with Gasteiger partial charge in [0.25, 0.3) is 5.91 Å². The maximum Gasteiger partial charge on any atom is 0.410 e. The number of carbonyl (C=O) groups is 3. The summed E-state index contributed by atoms with van der Waals surface area (Å²) in [6, 6.07) is 12.0. The van der Waals surface area contributed by atoms with Crippen molar-refractivity contribution in [2.75, 3.05) is 25.0 Å². The lowest BCUT2D eigenvalue weighted by Gasteiger charge is -2.37. The van der Waals surface area contributed by atoms with Gasteiger partial charge in [0, 0.05) is 49.5 Å². The van der Waals surface area contributed by atoms with Crippen LogP contribution < -0.4 is 11.1 Å². The molecule has 4 rings (SSSR count). The summed E-state index contributed by atoms with van der Waals surface area (Å²) in [5, 5.41) is 12.8. The van der Waals surface area contributed by atoms with Gasteiger partial charge < -0.3 is 30.7 Å². The van der Waals surface area contributed by atoms with E-state index in [1.54, 1.807) is 13.0 Å². The zero-order valence-corrected chi connectivity index (χ0v) is 24.3. The molecule has 1 saturated heterocycles. The number of ether oxygens (including phenoxy) is 1. The highest BCUT2D eigenvalue weighted by atomic mass is 35.5. The molecule has 0 spiro atoms. The number of nitrogens with two attached hydrogens (primary N) is 1. The second-order valence-corrected chi connectivity index (χ2v) is 10.4. The number of aromatic hydroxyl groups is 1. The minimum absolute atomic E-state index is 0.0358. The number of carbonyl (C=O) groups excluding carboxylic acids is 3. The molecule has 2 aliphatic rings. The largest absolute Gasteiger partial charge is 0.506 e. The Bertz CT molecular complexity index is 1590. The third-order valence-electron chi connectivity index (χ3n) is 6.93. The number of benzene rings is 2. The molecule has 2 aromatic rings. The Balaban J connectivity index is 1.41. The van der Waals surface area contributed by atoms with Crippen LogP contribution in [-0.4, -0.2) is 76.5 Å². The van der Waals surface area contributed by atoms with E-state index < -0.39 is 18.1 Å². The average molecular weight is 603 g/mol. The molecule has 0 unspecified atom stereocenters. The quantitative estimate of drug-likeness (QED) is 0.333. The minimum atomic E-state index is -1.29. The third-order valence-corrected chi connectivity index (χ3v) is 7.24. The fourth-order valence-corrected chi connectivity index (χ4v) is 4.94. The first-order valence-corrected chi connectivity index (χ1v) is 14.0. The Hall–Kier alpha value is -5.00. The van der Waals surface area contributed by atoms with Gasteiger partial charge in [0.1, 0.15) is 5.75 Å². The summed E-state index contributed by atoms with van der Waals surface area (Å²) in [6.07, 6.45) is 1.02. The Morgan fingerprint density at radius 3 is 2.72 bits per heavy atom. The maximum absolute atomic E-state index is 13.1. The summed E-state index contributed by atoms with van der Waals surface area (Å²) in [5.74, 6) is 3.87. The van der Waals surface area contributed by atoms with Gasteiger partial charge >= 0.3 is 12.1 Å². The molecular weight excluding hydrogens is 572 g/mol. The number of aliphatic imine (C=N–C) groups is 2. The van der Waals surface area contributed by atoms with Crippen LogP contribution in [0.5, 0.6) is 5.75 Å². The number of amides is 4. The van der Waals surface area contributed by atoms with Crippen LogP contribution in [0.2, 0.25) is 5.02 Å². The van der Waals surface area contributed by atoms with Gasteiger partial charge in [0.05, 0.1) is 16.9 Å². The molecule has 222 valence electrons. The molecule has 0 saturated carbocycles. The molecule has 4 N–H and O–H groups in total. The summed E-state index contributed by atoms with van der Waals surface area (Å²) < 4.78 is 5.62. The van der Waals surface area contributed by atoms with E-state index in [9.17, 15) is 19.5 Å². The van der Waals surface area contributed by atoms with Crippen molar-refractivity contribution in [2.45, 2.75) is 44.8 Å². The van der Waals surface area contributed by atoms with Gasteiger partial charge in [0.2, 0.25) is 0 Å². The molecule has 2 aromatic carbocycles. The van der Waals surface area contributed by atoms with E-state index in [1.807, 2.05) is 29.2 Å². The number of fused-ring (bicyclic) bond motifs is 1. The standard InChI is InChI=1S/C31H31ClN6O5/c1-21(33)9-15-34-13-4-14-35-29(40)28(20-22-7-8-27(39)25(32)19-22)43-31(42)37-16-11-24(12-17-37)38-18-10-23-5-2-3-6-26(23)36-30(38)41/h2-3,5-8,13,19,24,28,39H,10-12,16-18,20,33H2,1H3,(H,36,41)/t28-/m1/s1. The number of urea groups is 1. The first-order valence-electron chi connectivity index (χ1n) is 13.7. The van der Waals surface area contributed by atoms with E-state index in [2.05, 4.69) is 38.5 Å². The molecule has 11 nitrogen and oxygen atoms in total. The molecule has 0 aliphatic carbocycles. The number of likely N-dealkylation sites (tertiary alicyclic amines) is 1. The number of phenolic OH excluding ortho intramolecular Hbond substituents is 1. The Kier molecular flexibility index (Phi) is 10.6. The summed E-state index contributed by atoms with van der Waals surface area (Å²) in [7, 11) is 0. The molecule has 0 radical (unpaired) electrons. The summed E-state index contributed by atoms with van der Waals surface area (Å²) in [5.41, 5.74) is 13.3. The topological polar surface area (TPSA) is 150 Å². The van der Waals surface area contributed by atoms with Crippen LogP contribution in [0.4, 0.5) is 15.3 Å². The lowest BCUT2D eigenvalue weighted by Crippen LogP contribution is -2.50. The molecule has 0 bridgehead atoms. The van der Waals surface area contributed by atoms with Gasteiger partial charge in [-0.3, -0.25) is 4.79 Å². The number of nitrogens with one attached hydrogen (secondary N) is 1. The monoisotopic (exact) mass is 602 g/mol. The van der Waals surface area contributed by atoms with Crippen LogP contribution in [0, 0.1) is 0 Å². The fourth-order valence-electron chi connectivity index (χ4n) is 4.74. The molecular formula is C31H31ClN6O5. The second-order valence-electron chi connectivity index (χ2n) is 10.00. The van der Waals surface area contributed by atoms with E-state index in [0.29, 0.717) is 43.7 Å². The van der Waals surface area contributed by atoms with E-state index in [0.717, 1.165) is 17.7 Å². The van der Waals surface area contributed by atoms with Crippen LogP contribution in [0.25, 0.3) is 0 Å². The molecule has 2 heterocycles. The van der Waals surface area contributed by atoms with Crippen LogP contribution >= 0.6 is 11.6 Å². The van der Waals surface area contributed by atoms with Gasteiger partial charge in [-0.2, -0.15) is 9.98 Å². The molecule has 0 aromatic heterocycles. The number of piperidine rings is 1. The summed E-state index contributed by atoms with van der Waals surface area (Å²) >= 11 is 6.03. The lowest BCUT2D eigenvalue weighted by molar-refractivity contribution is -0.126. The molecule has 1 fully saturated rings. The van der Waals surface area contributed by atoms with Gasteiger partial charge in [0.15, 0.2) is 6.10 Å². The van der Waals surface area contributed by atoms with Crippen molar-refractivity contribution in [3.8, 4) is 5.75 Å². The first kappa shape index (κ1) is 30.9. The number of rotatable bonds is 6. The van der Waals surface area contributed by atoms with Crippen LogP contribution in [-0.2, 0) is 22.4 Å². The maximum atomic E-state index is 13.1. The van der Waals surface area contributed by atoms with E-state index in [-0.39, 0.29) is 29.3 Å². The van der Waals surface area contributed by atoms with Crippen LogP contribution in [0.1, 0.15) is 30.9 Å². The molecule has 4 amide bonds. The predicted octanol–water partition coefficient (Wildman–Crippen LogP) is 4.20. The predicted molar refractivity (Wildman–Crippen MR) is 162 cm³/mol. The zero-order valence-electron chi connectivity index (χ0n) is 23.5. The lowest BCUT2D eigenvalue weighted by atomic mass is 10.0. The van der Waals surface area contributed by atoms with E-state index in [1.165, 1.54) is 23.2 Å². The van der Waals surface area contributed by atoms with Crippen molar-refractivity contribution in [3.05, 3.63) is 82.0 Å². The zero-order chi connectivity index (χ0) is 30.8. The van der Waals surface area contributed by atoms with Crippen molar-refractivity contribution < 1.29 is 24.2 Å². The number of halogens is 1. The van der Waals surface area contributed by atoms with Crippen LogP contribution in [0.15, 0.2) is 75.8 Å². The van der Waals surface area contributed by atoms with Crippen molar-refractivity contribution in [2.24, 2.45) is 15.7 Å². The minimum Gasteiger partial charge on any atom is -0.506 e. The highest BCUT2D eigenvalue weighted by Crippen LogP contribution is 2.26. The smallest absolute Gasteiger partial charge is 0.410 e. The number of hydrogen-bond acceptors (Lipinski definition) is 7. The van der Waals surface area contributed by atoms with Crippen molar-refractivity contribution in [1.29, 1.82) is 0 Å². The van der Waals surface area contributed by atoms with Crippen molar-refractivity contribution in [3.63, 3.8) is 0 Å². The second kappa shape index (κ2) is 14.8. The SMILES string of the molecule is CC(N)=C=C=NC=C=C=NC(=O)[C@@H](Cc1ccc(O)c(Cl)c1)OC(=O)N1CCC(N2CCc3ccccc3NC2=O)CC1. The third kappa shape index (κ3) is 8.74. The van der Waals surface area contributed by atoms with Gasteiger partial charge in [-0.05, 0) is 67.0 Å². The number of anilines is 1. The normalized spacial score (nSPS) is 15.2. The van der Waals surface area contributed by atoms with Crippen molar-refractivity contribution >= 4 is 47.1 Å². The Morgan fingerprint density at radius 2 is 1.98 bits per heavy atom. The molecule has 1 atom stereocenters. The summed E-state index contributed by atoms with van der Waals surface area (Å²) in [6.45, 7) is 2.90. The van der Waals surface area contributed by atoms with Gasteiger partial charge in [-0.25, -0.2) is 9.59 Å². The number of allylic oxidation sites excluding steroid dienone is 1. The number of hydrogen-bond donors (Lipinski definition) is 3. The number of para-hydroxylation sites is 1. The highest BCUT2D eigenvalue weighted by Gasteiger charge is 2.33. The fraction of sp³-hybridized carbons (Fsp3) is 0.323. The Labute approximate surface area is 254 Å². The molecule has 2 aliphatic heterocycles. The molecule has 43 heavy (non-hydrogen) atoms. The van der Waals surface area contributed by atoms with E-state index in [4.69, 9.17) is 22.1 Å². The van der Waals surface area contributed by atoms with E-state index >= 15 is 0 Å². The number of phenols is 1. The highest BCUT2D eigenvalue weighted by molar-refractivity contribution is 6.32. The van der Waals surface area contributed by atoms with Crippen LogP contribution in [0.3, 0.4) is 0 Å². The average Bonchev–Trinajstić information content (AvgIpc) is 3.16. The number of nitrogens with zero attached hydrogens (tertiary/aromatic N) is 4. The Morgan fingerprint density at radius 1 is 1.21 bits per heavy atom. The van der Waals surface area contributed by atoms with Crippen molar-refractivity contribution in [1.82, 2.24) is 9.80 Å². The first-order chi connectivity index (χ1) is 20.7. The van der Waals surface area contributed by atoms with Gasteiger partial charge in [-0.1, -0.05) is 35.9 Å². The van der Waals surface area contributed by atoms with Gasteiger partial charge in [-0.15, -0.1) is 0 Å². The summed E-state index contributed by atoms with van der Waals surface area (Å²) in [4.78, 5) is 49.7. The molecule has 12 heteroatoms.